The Kier molecular flexibility index (Phi) is 5.56. The molecule has 0 aliphatic rings. The number of anilines is 1. The van der Waals surface area contributed by atoms with Gasteiger partial charge in [0.1, 0.15) is 5.39 Å². The Morgan fingerprint density at radius 2 is 1.75 bits per heavy atom. The minimum atomic E-state index is -0.396. The molecule has 7 nitrogen and oxygen atoms in total. The molecule has 0 unspecified atom stereocenters. The third-order valence-electron chi connectivity index (χ3n) is 4.47. The van der Waals surface area contributed by atoms with Crippen molar-refractivity contribution in [2.75, 3.05) is 11.9 Å². The summed E-state index contributed by atoms with van der Waals surface area (Å²) in [6.07, 6.45) is 1.94. The number of non-ortho nitro benzene ring substituents is 1. The summed E-state index contributed by atoms with van der Waals surface area (Å²) in [7, 11) is 0. The van der Waals surface area contributed by atoms with Crippen LogP contribution >= 0.6 is 12.4 Å². The summed E-state index contributed by atoms with van der Waals surface area (Å²) in [6.45, 7) is 0.460. The van der Waals surface area contributed by atoms with Gasteiger partial charge < -0.3 is 10.5 Å². The molecule has 2 aromatic carbocycles. The van der Waals surface area contributed by atoms with E-state index in [1.54, 1.807) is 24.3 Å². The first-order valence-corrected chi connectivity index (χ1v) is 8.52. The fourth-order valence-corrected chi connectivity index (χ4v) is 3.23. The van der Waals surface area contributed by atoms with Crippen LogP contribution in [0, 0.1) is 15.3 Å². The van der Waals surface area contributed by atoms with Crippen LogP contribution in [-0.2, 0) is 6.42 Å². The van der Waals surface area contributed by atoms with Gasteiger partial charge in [0.2, 0.25) is 0 Å². The lowest BCUT2D eigenvalue weighted by Gasteiger charge is -2.13. The predicted octanol–water partition coefficient (Wildman–Crippen LogP) is 4.01. The molecule has 0 aliphatic carbocycles. The van der Waals surface area contributed by atoms with Crippen molar-refractivity contribution >= 4 is 45.6 Å². The van der Waals surface area contributed by atoms with Crippen molar-refractivity contribution in [2.45, 2.75) is 6.42 Å². The number of fused-ring (bicyclic) bond motifs is 2. The number of rotatable bonds is 5. The van der Waals surface area contributed by atoms with Crippen LogP contribution in [-0.4, -0.2) is 16.5 Å². The monoisotopic (exact) mass is 396 g/mol. The van der Waals surface area contributed by atoms with Gasteiger partial charge in [0.15, 0.2) is 11.9 Å². The van der Waals surface area contributed by atoms with Crippen LogP contribution in [0.2, 0.25) is 0 Å². The minimum Gasteiger partial charge on any atom is -0.619 e. The van der Waals surface area contributed by atoms with Crippen molar-refractivity contribution in [3.8, 4) is 0 Å². The van der Waals surface area contributed by atoms with E-state index in [1.807, 2.05) is 30.3 Å². The molecular formula is C20H17ClN4O3. The number of hydrogen-bond acceptors (Lipinski definition) is 5. The molecule has 142 valence electrons. The van der Waals surface area contributed by atoms with Crippen LogP contribution in [0.1, 0.15) is 5.69 Å². The molecule has 0 radical (unpaired) electrons. The lowest BCUT2D eigenvalue weighted by atomic mass is 10.1. The van der Waals surface area contributed by atoms with Gasteiger partial charge in [-0.1, -0.05) is 30.3 Å². The molecule has 28 heavy (non-hydrogen) atoms. The Bertz CT molecular complexity index is 1170. The van der Waals surface area contributed by atoms with E-state index in [0.29, 0.717) is 35.2 Å². The molecule has 0 fully saturated rings. The Balaban J connectivity index is 0.00000225. The summed E-state index contributed by atoms with van der Waals surface area (Å²) in [5, 5.41) is 28.0. The molecule has 0 atom stereocenters. The second-order valence-corrected chi connectivity index (χ2v) is 6.13. The minimum absolute atomic E-state index is 0. The van der Waals surface area contributed by atoms with Gasteiger partial charge in [-0.3, -0.25) is 10.1 Å². The number of aromatic nitrogens is 2. The zero-order valence-electron chi connectivity index (χ0n) is 14.7. The normalized spacial score (nSPS) is 10.6. The number of benzene rings is 2. The highest BCUT2D eigenvalue weighted by Crippen LogP contribution is 2.36. The predicted molar refractivity (Wildman–Crippen MR) is 111 cm³/mol. The van der Waals surface area contributed by atoms with Crippen LogP contribution in [0.4, 0.5) is 11.4 Å². The first kappa shape index (κ1) is 19.3. The maximum atomic E-state index is 11.8. The van der Waals surface area contributed by atoms with Gasteiger partial charge >= 0.3 is 0 Å². The van der Waals surface area contributed by atoms with E-state index in [1.165, 1.54) is 12.3 Å². The largest absolute Gasteiger partial charge is 0.619 e. The average molecular weight is 397 g/mol. The van der Waals surface area contributed by atoms with Crippen molar-refractivity contribution in [1.82, 2.24) is 4.98 Å². The topological polar surface area (TPSA) is 95.0 Å². The zero-order chi connectivity index (χ0) is 18.8. The molecule has 4 aromatic rings. The van der Waals surface area contributed by atoms with Gasteiger partial charge in [0.25, 0.3) is 5.69 Å². The standard InChI is InChI=1S/C20H16N4O3.ClH/c25-23-13-4-3-6-14(23)11-12-21-20-15-7-1-2-8-16(15)22-17-9-5-10-18(19(17)20)24(26)27;/h1-10,13H,11-12H2,(H,21,22);1H. The molecule has 0 amide bonds. The fourth-order valence-electron chi connectivity index (χ4n) is 3.23. The Morgan fingerprint density at radius 1 is 1.00 bits per heavy atom. The molecule has 2 heterocycles. The van der Waals surface area contributed by atoms with Gasteiger partial charge in [-0.2, -0.15) is 4.73 Å². The SMILES string of the molecule is Cl.O=[N+]([O-])c1cccc2nc3ccccc3c(NCCc3cccc[n+]3[O-])c12. The van der Waals surface area contributed by atoms with Crippen molar-refractivity contribution in [2.24, 2.45) is 0 Å². The molecule has 0 saturated carbocycles. The van der Waals surface area contributed by atoms with Crippen LogP contribution in [0.3, 0.4) is 0 Å². The third kappa shape index (κ3) is 3.52. The molecule has 8 heteroatoms. The Labute approximate surface area is 166 Å². The van der Waals surface area contributed by atoms with Gasteiger partial charge in [0, 0.05) is 30.1 Å². The summed E-state index contributed by atoms with van der Waals surface area (Å²) < 4.78 is 0.826. The Hall–Kier alpha value is -3.45. The number of nitrogens with one attached hydrogen (secondary N) is 1. The van der Waals surface area contributed by atoms with Crippen LogP contribution < -0.4 is 10.0 Å². The number of hydrogen-bond donors (Lipinski definition) is 1. The van der Waals surface area contributed by atoms with Crippen molar-refractivity contribution in [3.05, 3.63) is 87.9 Å². The van der Waals surface area contributed by atoms with E-state index in [-0.39, 0.29) is 18.1 Å². The number of para-hydroxylation sites is 1. The van der Waals surface area contributed by atoms with E-state index in [4.69, 9.17) is 0 Å². The molecular weight excluding hydrogens is 380 g/mol. The van der Waals surface area contributed by atoms with E-state index >= 15 is 0 Å². The Morgan fingerprint density at radius 3 is 2.54 bits per heavy atom. The lowest BCUT2D eigenvalue weighted by Crippen LogP contribution is -2.31. The maximum absolute atomic E-state index is 11.8. The summed E-state index contributed by atoms with van der Waals surface area (Å²) >= 11 is 0. The summed E-state index contributed by atoms with van der Waals surface area (Å²) in [5.41, 5.74) is 2.61. The number of halogens is 1. The molecule has 0 saturated heterocycles. The molecule has 1 N–H and O–H groups in total. The highest BCUT2D eigenvalue weighted by molar-refractivity contribution is 6.11. The molecule has 2 aromatic heterocycles. The first-order chi connectivity index (χ1) is 13.1. The van der Waals surface area contributed by atoms with Crippen molar-refractivity contribution < 1.29 is 9.65 Å². The number of nitro benzene ring substituents is 1. The average Bonchev–Trinajstić information content (AvgIpc) is 2.68. The van der Waals surface area contributed by atoms with E-state index in [2.05, 4.69) is 10.3 Å². The highest BCUT2D eigenvalue weighted by Gasteiger charge is 2.19. The second-order valence-electron chi connectivity index (χ2n) is 6.13. The maximum Gasteiger partial charge on any atom is 0.280 e. The highest BCUT2D eigenvalue weighted by atomic mass is 35.5. The summed E-state index contributed by atoms with van der Waals surface area (Å²) in [6, 6.07) is 17.7. The van der Waals surface area contributed by atoms with Gasteiger partial charge in [-0.25, -0.2) is 4.98 Å². The fraction of sp³-hybridized carbons (Fsp3) is 0.100. The number of pyridine rings is 2. The smallest absolute Gasteiger partial charge is 0.280 e. The van der Waals surface area contributed by atoms with Gasteiger partial charge in [-0.15, -0.1) is 12.4 Å². The van der Waals surface area contributed by atoms with E-state index in [9.17, 15) is 15.3 Å². The third-order valence-corrected chi connectivity index (χ3v) is 4.47. The molecule has 4 rings (SSSR count). The number of nitrogens with zero attached hydrogens (tertiary/aromatic N) is 3. The lowest BCUT2D eigenvalue weighted by molar-refractivity contribution is -0.613. The first-order valence-electron chi connectivity index (χ1n) is 8.52. The quantitative estimate of drug-likeness (QED) is 0.181. The number of nitro groups is 1. The van der Waals surface area contributed by atoms with Gasteiger partial charge in [0.05, 0.1) is 28.1 Å². The summed E-state index contributed by atoms with van der Waals surface area (Å²) in [4.78, 5) is 15.7. The second kappa shape index (κ2) is 8.06. The molecule has 0 aliphatic heterocycles. The van der Waals surface area contributed by atoms with Gasteiger partial charge in [-0.05, 0) is 12.1 Å². The van der Waals surface area contributed by atoms with Crippen LogP contribution in [0.25, 0.3) is 21.8 Å². The van der Waals surface area contributed by atoms with Crippen LogP contribution in [0.5, 0.6) is 0 Å². The molecule has 0 bridgehead atoms. The van der Waals surface area contributed by atoms with E-state index in [0.717, 1.165) is 15.6 Å². The van der Waals surface area contributed by atoms with Crippen LogP contribution in [0.15, 0.2) is 66.9 Å². The zero-order valence-corrected chi connectivity index (χ0v) is 15.6. The van der Waals surface area contributed by atoms with E-state index < -0.39 is 4.92 Å². The molecule has 0 spiro atoms. The summed E-state index contributed by atoms with van der Waals surface area (Å²) in [5.74, 6) is 0. The van der Waals surface area contributed by atoms with Crippen molar-refractivity contribution in [3.63, 3.8) is 0 Å². The van der Waals surface area contributed by atoms with Crippen molar-refractivity contribution in [1.29, 1.82) is 0 Å².